The third kappa shape index (κ3) is 4.30. The van der Waals surface area contributed by atoms with Gasteiger partial charge in [0.1, 0.15) is 11.5 Å². The standard InChI is InChI=1S/C13H10F7N/c1-3-21-11(7(2)14)8-4-9(12(15,16)17)6-10(5-8)13(18,19)20/h3-6H,1-2H3/b11-7+,21-3-. The molecular formula is C13H10F7N. The number of rotatable bonds is 2. The van der Waals surface area contributed by atoms with Crippen molar-refractivity contribution in [3.05, 3.63) is 40.7 Å². The monoisotopic (exact) mass is 313 g/mol. The summed E-state index contributed by atoms with van der Waals surface area (Å²) in [4.78, 5) is 3.49. The first-order valence-electron chi connectivity index (χ1n) is 5.61. The number of alkyl halides is 6. The predicted molar refractivity (Wildman–Crippen MR) is 64.3 cm³/mol. The van der Waals surface area contributed by atoms with Gasteiger partial charge in [-0.25, -0.2) is 4.39 Å². The van der Waals surface area contributed by atoms with Crippen molar-refractivity contribution in [2.75, 3.05) is 0 Å². The SMILES string of the molecule is C/C=N\C(=C(/C)F)c1cc(C(F)(F)F)cc(C(F)(F)F)c1. The summed E-state index contributed by atoms with van der Waals surface area (Å²) in [5.74, 6) is -0.986. The molecule has 0 saturated heterocycles. The van der Waals surface area contributed by atoms with Crippen LogP contribution in [0.1, 0.15) is 30.5 Å². The van der Waals surface area contributed by atoms with E-state index in [2.05, 4.69) is 4.99 Å². The second-order valence-corrected chi connectivity index (χ2v) is 4.06. The molecule has 0 amide bonds. The lowest BCUT2D eigenvalue weighted by atomic mass is 10.0. The molecule has 0 aliphatic carbocycles. The smallest absolute Gasteiger partial charge is 0.258 e. The zero-order valence-corrected chi connectivity index (χ0v) is 10.9. The second kappa shape index (κ2) is 5.87. The van der Waals surface area contributed by atoms with Crippen LogP contribution >= 0.6 is 0 Å². The topological polar surface area (TPSA) is 12.4 Å². The van der Waals surface area contributed by atoms with E-state index in [0.29, 0.717) is 12.1 Å². The van der Waals surface area contributed by atoms with Gasteiger partial charge in [-0.2, -0.15) is 26.3 Å². The minimum absolute atomic E-state index is 0.0235. The van der Waals surface area contributed by atoms with Crippen molar-refractivity contribution in [3.63, 3.8) is 0 Å². The third-order valence-corrected chi connectivity index (χ3v) is 2.45. The molecule has 21 heavy (non-hydrogen) atoms. The summed E-state index contributed by atoms with van der Waals surface area (Å²) < 4.78 is 89.3. The van der Waals surface area contributed by atoms with Gasteiger partial charge in [-0.05, 0) is 32.0 Å². The van der Waals surface area contributed by atoms with Gasteiger partial charge in [-0.1, -0.05) is 0 Å². The molecule has 0 bridgehead atoms. The van der Waals surface area contributed by atoms with E-state index in [9.17, 15) is 30.7 Å². The van der Waals surface area contributed by atoms with Gasteiger partial charge in [-0.3, -0.25) is 4.99 Å². The average molecular weight is 313 g/mol. The molecule has 0 fully saturated rings. The van der Waals surface area contributed by atoms with Crippen molar-refractivity contribution >= 4 is 11.9 Å². The Morgan fingerprint density at radius 2 is 1.38 bits per heavy atom. The fourth-order valence-corrected chi connectivity index (χ4v) is 1.58. The van der Waals surface area contributed by atoms with E-state index in [4.69, 9.17) is 0 Å². The maximum Gasteiger partial charge on any atom is 0.416 e. The van der Waals surface area contributed by atoms with Crippen LogP contribution in [0, 0.1) is 0 Å². The van der Waals surface area contributed by atoms with Crippen LogP contribution in [0.25, 0.3) is 5.70 Å². The molecule has 0 heterocycles. The van der Waals surface area contributed by atoms with Gasteiger partial charge in [0, 0.05) is 11.8 Å². The first-order valence-corrected chi connectivity index (χ1v) is 5.61. The highest BCUT2D eigenvalue weighted by molar-refractivity contribution is 5.74. The van der Waals surface area contributed by atoms with Gasteiger partial charge in [0.2, 0.25) is 0 Å². The average Bonchev–Trinajstić information content (AvgIpc) is 2.32. The van der Waals surface area contributed by atoms with Crippen molar-refractivity contribution in [1.82, 2.24) is 0 Å². The quantitative estimate of drug-likeness (QED) is 0.507. The number of hydrogen-bond acceptors (Lipinski definition) is 1. The minimum Gasteiger partial charge on any atom is -0.258 e. The molecule has 116 valence electrons. The Kier molecular flexibility index (Phi) is 4.80. The fourth-order valence-electron chi connectivity index (χ4n) is 1.58. The van der Waals surface area contributed by atoms with Gasteiger partial charge in [0.15, 0.2) is 0 Å². The molecule has 0 spiro atoms. The van der Waals surface area contributed by atoms with Crippen LogP contribution < -0.4 is 0 Å². The van der Waals surface area contributed by atoms with Crippen molar-refractivity contribution in [2.24, 2.45) is 4.99 Å². The van der Waals surface area contributed by atoms with Crippen molar-refractivity contribution in [2.45, 2.75) is 26.2 Å². The molecule has 0 aliphatic rings. The van der Waals surface area contributed by atoms with Crippen LogP contribution in [0.5, 0.6) is 0 Å². The highest BCUT2D eigenvalue weighted by atomic mass is 19.4. The molecule has 1 aromatic rings. The molecule has 1 rings (SSSR count). The summed E-state index contributed by atoms with van der Waals surface area (Å²) >= 11 is 0. The Hall–Kier alpha value is -1.86. The molecule has 0 aliphatic heterocycles. The van der Waals surface area contributed by atoms with E-state index in [-0.39, 0.29) is 6.07 Å². The lowest BCUT2D eigenvalue weighted by Gasteiger charge is -2.14. The lowest BCUT2D eigenvalue weighted by molar-refractivity contribution is -0.143. The Morgan fingerprint density at radius 1 is 0.952 bits per heavy atom. The Morgan fingerprint density at radius 3 is 1.67 bits per heavy atom. The van der Waals surface area contributed by atoms with E-state index in [0.717, 1.165) is 13.1 Å². The highest BCUT2D eigenvalue weighted by Crippen LogP contribution is 2.38. The molecule has 0 unspecified atom stereocenters. The molecule has 0 atom stereocenters. The van der Waals surface area contributed by atoms with E-state index in [1.165, 1.54) is 6.92 Å². The van der Waals surface area contributed by atoms with Crippen LogP contribution in [0.4, 0.5) is 30.7 Å². The highest BCUT2D eigenvalue weighted by Gasteiger charge is 2.37. The molecule has 0 radical (unpaired) electrons. The van der Waals surface area contributed by atoms with Crippen LogP contribution in [-0.2, 0) is 12.4 Å². The molecular weight excluding hydrogens is 303 g/mol. The van der Waals surface area contributed by atoms with E-state index >= 15 is 0 Å². The number of nitrogens with zero attached hydrogens (tertiary/aromatic N) is 1. The Balaban J connectivity index is 3.64. The first kappa shape index (κ1) is 17.2. The first-order chi connectivity index (χ1) is 9.46. The number of aliphatic imine (C=N–C) groups is 1. The van der Waals surface area contributed by atoms with Gasteiger partial charge in [0.25, 0.3) is 0 Å². The van der Waals surface area contributed by atoms with Crippen LogP contribution in [-0.4, -0.2) is 6.21 Å². The molecule has 8 heteroatoms. The normalized spacial score (nSPS) is 14.5. The third-order valence-electron chi connectivity index (χ3n) is 2.45. The van der Waals surface area contributed by atoms with Gasteiger partial charge >= 0.3 is 12.4 Å². The molecule has 0 N–H and O–H groups in total. The summed E-state index contributed by atoms with van der Waals surface area (Å²) in [5, 5.41) is 0. The van der Waals surface area contributed by atoms with Crippen LogP contribution in [0.2, 0.25) is 0 Å². The number of hydrogen-bond donors (Lipinski definition) is 0. The maximum absolute atomic E-state index is 13.3. The van der Waals surface area contributed by atoms with Crippen molar-refractivity contribution in [3.8, 4) is 0 Å². The van der Waals surface area contributed by atoms with E-state index in [1.54, 1.807) is 0 Å². The molecule has 1 aromatic carbocycles. The summed E-state index contributed by atoms with van der Waals surface area (Å²) in [6.07, 6.45) is -8.89. The Bertz CT molecular complexity index is 543. The van der Waals surface area contributed by atoms with E-state index < -0.39 is 40.6 Å². The van der Waals surface area contributed by atoms with Crippen LogP contribution in [0.15, 0.2) is 29.0 Å². The van der Waals surface area contributed by atoms with E-state index in [1.807, 2.05) is 0 Å². The van der Waals surface area contributed by atoms with Gasteiger partial charge < -0.3 is 0 Å². The van der Waals surface area contributed by atoms with Crippen LogP contribution in [0.3, 0.4) is 0 Å². The summed E-state index contributed by atoms with van der Waals surface area (Å²) in [6, 6.07) is 0.839. The van der Waals surface area contributed by atoms with Crippen molar-refractivity contribution < 1.29 is 30.7 Å². The molecule has 0 saturated carbocycles. The maximum atomic E-state index is 13.3. The molecule has 0 aromatic heterocycles. The minimum atomic E-state index is -4.98. The zero-order chi connectivity index (χ0) is 16.4. The zero-order valence-electron chi connectivity index (χ0n) is 10.9. The fraction of sp³-hybridized carbons (Fsp3) is 0.308. The summed E-state index contributed by atoms with van der Waals surface area (Å²) in [6.45, 7) is 2.26. The Labute approximate surface area is 115 Å². The second-order valence-electron chi connectivity index (χ2n) is 4.06. The summed E-state index contributed by atoms with van der Waals surface area (Å²) in [7, 11) is 0. The molecule has 1 nitrogen and oxygen atoms in total. The largest absolute Gasteiger partial charge is 0.416 e. The van der Waals surface area contributed by atoms with Gasteiger partial charge in [-0.15, -0.1) is 0 Å². The summed E-state index contributed by atoms with van der Waals surface area (Å²) in [5.41, 5.74) is -4.20. The number of benzene rings is 1. The van der Waals surface area contributed by atoms with Crippen molar-refractivity contribution in [1.29, 1.82) is 0 Å². The predicted octanol–water partition coefficient (Wildman–Crippen LogP) is 5.47. The number of halogens is 7. The lowest BCUT2D eigenvalue weighted by Crippen LogP contribution is -2.11. The number of allylic oxidation sites excluding steroid dienone is 1. The van der Waals surface area contributed by atoms with Gasteiger partial charge in [0.05, 0.1) is 11.1 Å².